The van der Waals surface area contributed by atoms with Gasteiger partial charge in [0, 0.05) is 13.0 Å². The third kappa shape index (κ3) is 1.64. The number of allylic oxidation sites excluding steroid dienone is 1. The van der Waals surface area contributed by atoms with Gasteiger partial charge in [0.2, 0.25) is 0 Å². The van der Waals surface area contributed by atoms with Crippen molar-refractivity contribution in [2.45, 2.75) is 19.4 Å². The Balaban J connectivity index is 2.32. The van der Waals surface area contributed by atoms with Gasteiger partial charge in [-0.2, -0.15) is 0 Å². The van der Waals surface area contributed by atoms with Crippen molar-refractivity contribution in [2.24, 2.45) is 0 Å². The van der Waals surface area contributed by atoms with Crippen molar-refractivity contribution < 1.29 is 9.53 Å². The second kappa shape index (κ2) is 2.78. The van der Waals surface area contributed by atoms with E-state index < -0.39 is 0 Å². The Morgan fingerprint density at radius 3 is 3.11 bits per heavy atom. The first kappa shape index (κ1) is 6.49. The van der Waals surface area contributed by atoms with E-state index in [0.717, 1.165) is 0 Å². The number of ketones is 1. The summed E-state index contributed by atoms with van der Waals surface area (Å²) in [5.74, 6) is 0.174. The summed E-state index contributed by atoms with van der Waals surface area (Å²) in [6, 6.07) is 0. The zero-order chi connectivity index (χ0) is 6.69. The lowest BCUT2D eigenvalue weighted by Crippen LogP contribution is -2.07. The van der Waals surface area contributed by atoms with E-state index in [9.17, 15) is 4.79 Å². The first-order valence-corrected chi connectivity index (χ1v) is 3.15. The van der Waals surface area contributed by atoms with Crippen LogP contribution < -0.4 is 0 Å². The number of hydrogen-bond donors (Lipinski definition) is 0. The van der Waals surface area contributed by atoms with Crippen molar-refractivity contribution >= 4 is 5.78 Å². The Kier molecular flexibility index (Phi) is 2.01. The highest BCUT2D eigenvalue weighted by Gasteiger charge is 2.14. The van der Waals surface area contributed by atoms with Gasteiger partial charge in [-0.15, -0.1) is 0 Å². The van der Waals surface area contributed by atoms with Crippen molar-refractivity contribution in [3.05, 3.63) is 12.2 Å². The lowest BCUT2D eigenvalue weighted by molar-refractivity contribution is -0.115. The van der Waals surface area contributed by atoms with Crippen LogP contribution in [0.15, 0.2) is 12.2 Å². The summed E-state index contributed by atoms with van der Waals surface area (Å²) in [6.07, 6.45) is 3.99. The van der Waals surface area contributed by atoms with Gasteiger partial charge in [-0.3, -0.25) is 4.79 Å². The predicted molar refractivity (Wildman–Crippen MR) is 34.2 cm³/mol. The highest BCUT2D eigenvalue weighted by atomic mass is 16.5. The first-order chi connectivity index (χ1) is 4.33. The average Bonchev–Trinajstić information content (AvgIpc) is 2.17. The van der Waals surface area contributed by atoms with Gasteiger partial charge < -0.3 is 4.74 Å². The first-order valence-electron chi connectivity index (χ1n) is 3.15. The van der Waals surface area contributed by atoms with E-state index in [1.807, 2.05) is 13.0 Å². The topological polar surface area (TPSA) is 26.3 Å². The molecule has 0 spiro atoms. The van der Waals surface area contributed by atoms with Gasteiger partial charge in [-0.05, 0) is 13.0 Å². The number of carbonyl (C=O) groups is 1. The van der Waals surface area contributed by atoms with Crippen molar-refractivity contribution in [3.8, 4) is 0 Å². The lowest BCUT2D eigenvalue weighted by Gasteiger charge is -2.04. The fourth-order valence-electron chi connectivity index (χ4n) is 0.878. The van der Waals surface area contributed by atoms with E-state index in [1.54, 1.807) is 6.08 Å². The molecule has 0 heterocycles. The Morgan fingerprint density at radius 1 is 1.89 bits per heavy atom. The molecule has 0 radical (unpaired) electrons. The Morgan fingerprint density at radius 2 is 2.67 bits per heavy atom. The third-order valence-electron chi connectivity index (χ3n) is 1.28. The molecule has 0 saturated carbocycles. The summed E-state index contributed by atoms with van der Waals surface area (Å²) < 4.78 is 5.17. The smallest absolute Gasteiger partial charge is 0.158 e. The van der Waals surface area contributed by atoms with Crippen LogP contribution in [0.5, 0.6) is 0 Å². The molecule has 2 nitrogen and oxygen atoms in total. The van der Waals surface area contributed by atoms with Gasteiger partial charge in [0.25, 0.3) is 0 Å². The summed E-state index contributed by atoms with van der Waals surface area (Å²) in [5, 5.41) is 0. The average molecular weight is 126 g/mol. The molecule has 0 aromatic rings. The van der Waals surface area contributed by atoms with Crippen molar-refractivity contribution in [1.82, 2.24) is 0 Å². The van der Waals surface area contributed by atoms with Crippen LogP contribution in [0.2, 0.25) is 0 Å². The minimum absolute atomic E-state index is 0.0579. The fraction of sp³-hybridized carbons (Fsp3) is 0.571. The third-order valence-corrected chi connectivity index (χ3v) is 1.28. The van der Waals surface area contributed by atoms with Crippen LogP contribution in [0.4, 0.5) is 0 Å². The van der Waals surface area contributed by atoms with Gasteiger partial charge in [-0.1, -0.05) is 6.08 Å². The molecule has 0 aromatic carbocycles. The van der Waals surface area contributed by atoms with Crippen LogP contribution in [-0.2, 0) is 9.53 Å². The van der Waals surface area contributed by atoms with Crippen LogP contribution in [-0.4, -0.2) is 18.5 Å². The van der Waals surface area contributed by atoms with E-state index in [2.05, 4.69) is 0 Å². The maximum Gasteiger partial charge on any atom is 0.158 e. The highest BCUT2D eigenvalue weighted by molar-refractivity contribution is 5.92. The predicted octanol–water partition coefficient (Wildman–Crippen LogP) is 0.920. The molecule has 0 fully saturated rings. The SMILES string of the molecule is CCOC1C=CC(=O)C1. The molecule has 0 saturated heterocycles. The van der Waals surface area contributed by atoms with Crippen molar-refractivity contribution in [1.29, 1.82) is 0 Å². The molecule has 1 unspecified atom stereocenters. The fourth-order valence-corrected chi connectivity index (χ4v) is 0.878. The van der Waals surface area contributed by atoms with Gasteiger partial charge in [0.15, 0.2) is 5.78 Å². The van der Waals surface area contributed by atoms with Crippen molar-refractivity contribution in [3.63, 3.8) is 0 Å². The molecular formula is C7H10O2. The molecule has 1 rings (SSSR count). The van der Waals surface area contributed by atoms with Crippen molar-refractivity contribution in [2.75, 3.05) is 6.61 Å². The highest BCUT2D eigenvalue weighted by Crippen LogP contribution is 2.08. The molecule has 0 bridgehead atoms. The Hall–Kier alpha value is -0.630. The van der Waals surface area contributed by atoms with Gasteiger partial charge in [0.1, 0.15) is 0 Å². The summed E-state index contributed by atoms with van der Waals surface area (Å²) in [6.45, 7) is 2.61. The van der Waals surface area contributed by atoms with Crippen LogP contribution in [0.25, 0.3) is 0 Å². The summed E-state index contributed by atoms with van der Waals surface area (Å²) in [5.41, 5.74) is 0. The standard InChI is InChI=1S/C7H10O2/c1-2-9-7-4-3-6(8)5-7/h3-4,7H,2,5H2,1H3. The molecule has 0 aliphatic heterocycles. The van der Waals surface area contributed by atoms with Gasteiger partial charge in [0.05, 0.1) is 6.10 Å². The van der Waals surface area contributed by atoms with E-state index in [4.69, 9.17) is 4.74 Å². The number of hydrogen-bond acceptors (Lipinski definition) is 2. The van der Waals surface area contributed by atoms with Crippen LogP contribution in [0.1, 0.15) is 13.3 Å². The van der Waals surface area contributed by atoms with E-state index in [0.29, 0.717) is 13.0 Å². The normalized spacial score (nSPS) is 25.4. The second-order valence-electron chi connectivity index (χ2n) is 2.02. The molecule has 0 amide bonds. The number of ether oxygens (including phenoxy) is 1. The van der Waals surface area contributed by atoms with Crippen LogP contribution in [0.3, 0.4) is 0 Å². The second-order valence-corrected chi connectivity index (χ2v) is 2.02. The quantitative estimate of drug-likeness (QED) is 0.550. The molecule has 0 N–H and O–H groups in total. The maximum atomic E-state index is 10.6. The zero-order valence-corrected chi connectivity index (χ0v) is 5.46. The molecule has 1 atom stereocenters. The van der Waals surface area contributed by atoms with Crippen LogP contribution >= 0.6 is 0 Å². The Bertz CT molecular complexity index is 138. The largest absolute Gasteiger partial charge is 0.374 e. The summed E-state index contributed by atoms with van der Waals surface area (Å²) in [7, 11) is 0. The molecule has 1 aliphatic carbocycles. The zero-order valence-electron chi connectivity index (χ0n) is 5.46. The molecular weight excluding hydrogens is 116 g/mol. The monoisotopic (exact) mass is 126 g/mol. The van der Waals surface area contributed by atoms with Crippen LogP contribution in [0, 0.1) is 0 Å². The lowest BCUT2D eigenvalue weighted by atomic mass is 10.3. The number of carbonyl (C=O) groups excluding carboxylic acids is 1. The Labute approximate surface area is 54.5 Å². The van der Waals surface area contributed by atoms with E-state index >= 15 is 0 Å². The molecule has 1 aliphatic rings. The summed E-state index contributed by atoms with van der Waals surface area (Å²) >= 11 is 0. The van der Waals surface area contributed by atoms with Gasteiger partial charge in [-0.25, -0.2) is 0 Å². The molecule has 0 aromatic heterocycles. The molecule has 2 heteroatoms. The molecule has 9 heavy (non-hydrogen) atoms. The van der Waals surface area contributed by atoms with E-state index in [1.165, 1.54) is 0 Å². The summed E-state index contributed by atoms with van der Waals surface area (Å²) in [4.78, 5) is 10.6. The minimum Gasteiger partial charge on any atom is -0.374 e. The number of rotatable bonds is 2. The minimum atomic E-state index is 0.0579. The molecule has 50 valence electrons. The van der Waals surface area contributed by atoms with Gasteiger partial charge >= 0.3 is 0 Å². The maximum absolute atomic E-state index is 10.6. The van der Waals surface area contributed by atoms with E-state index in [-0.39, 0.29) is 11.9 Å².